The van der Waals surface area contributed by atoms with Crippen LogP contribution in [0.1, 0.15) is 37.8 Å². The Morgan fingerprint density at radius 2 is 1.95 bits per heavy atom. The lowest BCUT2D eigenvalue weighted by Gasteiger charge is -2.23. The Labute approximate surface area is 134 Å². The highest BCUT2D eigenvalue weighted by atomic mass is 35.5. The van der Waals surface area contributed by atoms with Crippen molar-refractivity contribution >= 4 is 22.4 Å². The molecule has 1 aliphatic heterocycles. The van der Waals surface area contributed by atoms with E-state index in [1.165, 1.54) is 5.56 Å². The first-order valence-electron chi connectivity index (χ1n) is 7.41. The van der Waals surface area contributed by atoms with Crippen LogP contribution in [0.4, 0.5) is 0 Å². The van der Waals surface area contributed by atoms with Gasteiger partial charge >= 0.3 is 0 Å². The van der Waals surface area contributed by atoms with Gasteiger partial charge in [0.25, 0.3) is 0 Å². The molecule has 0 spiro atoms. The number of halogens is 1. The topological polar surface area (TPSA) is 58.2 Å². The molecule has 1 heterocycles. The minimum absolute atomic E-state index is 0. The first-order valence-corrected chi connectivity index (χ1v) is 8.90. The number of rotatable bonds is 5. The van der Waals surface area contributed by atoms with Crippen LogP contribution in [0.2, 0.25) is 0 Å². The molecular formula is C15H25ClN2O2S. The van der Waals surface area contributed by atoms with Crippen LogP contribution < -0.4 is 10.0 Å². The smallest absolute Gasteiger partial charge is 0.240 e. The number of sulfonamides is 1. The monoisotopic (exact) mass is 332 g/mol. The van der Waals surface area contributed by atoms with Crippen molar-refractivity contribution in [1.82, 2.24) is 10.0 Å². The second-order valence-electron chi connectivity index (χ2n) is 5.30. The molecule has 1 aromatic carbocycles. The molecule has 4 nitrogen and oxygen atoms in total. The third-order valence-electron chi connectivity index (χ3n) is 3.87. The van der Waals surface area contributed by atoms with E-state index in [1.54, 1.807) is 6.07 Å². The molecule has 120 valence electrons. The number of aryl methyl sites for hydroxylation is 2. The predicted molar refractivity (Wildman–Crippen MR) is 88.7 cm³/mol. The van der Waals surface area contributed by atoms with Gasteiger partial charge in [-0.3, -0.25) is 0 Å². The van der Waals surface area contributed by atoms with Gasteiger partial charge in [-0.05, 0) is 55.5 Å². The SMILES string of the molecule is CCc1ccc(S(=O)(=O)NC2CCCNC2)cc1CC.Cl. The summed E-state index contributed by atoms with van der Waals surface area (Å²) in [7, 11) is -3.41. The van der Waals surface area contributed by atoms with Gasteiger partial charge in [0.05, 0.1) is 4.90 Å². The summed E-state index contributed by atoms with van der Waals surface area (Å²) in [5.41, 5.74) is 2.35. The van der Waals surface area contributed by atoms with Crippen molar-refractivity contribution in [3.05, 3.63) is 29.3 Å². The van der Waals surface area contributed by atoms with Crippen LogP contribution in [0.15, 0.2) is 23.1 Å². The molecule has 1 atom stereocenters. The van der Waals surface area contributed by atoms with Crippen molar-refractivity contribution < 1.29 is 8.42 Å². The molecule has 1 fully saturated rings. The fourth-order valence-electron chi connectivity index (χ4n) is 2.68. The molecule has 1 saturated heterocycles. The highest BCUT2D eigenvalue weighted by Crippen LogP contribution is 2.18. The van der Waals surface area contributed by atoms with E-state index in [1.807, 2.05) is 12.1 Å². The Hall–Kier alpha value is -0.620. The lowest BCUT2D eigenvalue weighted by atomic mass is 10.0. The van der Waals surface area contributed by atoms with Crippen molar-refractivity contribution in [1.29, 1.82) is 0 Å². The van der Waals surface area contributed by atoms with E-state index in [-0.39, 0.29) is 18.4 Å². The molecule has 6 heteroatoms. The van der Waals surface area contributed by atoms with Gasteiger partial charge in [0, 0.05) is 12.6 Å². The Kier molecular flexibility index (Phi) is 7.13. The van der Waals surface area contributed by atoms with Crippen molar-refractivity contribution in [2.75, 3.05) is 13.1 Å². The van der Waals surface area contributed by atoms with Crippen LogP contribution in [-0.2, 0) is 22.9 Å². The molecule has 2 N–H and O–H groups in total. The second-order valence-corrected chi connectivity index (χ2v) is 7.02. The number of hydrogen-bond acceptors (Lipinski definition) is 3. The molecule has 0 aromatic heterocycles. The summed E-state index contributed by atoms with van der Waals surface area (Å²) in [6.45, 7) is 5.84. The second kappa shape index (κ2) is 8.13. The van der Waals surface area contributed by atoms with Crippen molar-refractivity contribution in [2.45, 2.75) is 50.5 Å². The summed E-state index contributed by atoms with van der Waals surface area (Å²) in [4.78, 5) is 0.386. The third-order valence-corrected chi connectivity index (χ3v) is 5.39. The highest BCUT2D eigenvalue weighted by molar-refractivity contribution is 7.89. The van der Waals surface area contributed by atoms with E-state index < -0.39 is 10.0 Å². The van der Waals surface area contributed by atoms with E-state index in [0.717, 1.165) is 37.8 Å². The van der Waals surface area contributed by atoms with Gasteiger partial charge in [0.15, 0.2) is 0 Å². The Bertz CT molecular complexity index is 555. The summed E-state index contributed by atoms with van der Waals surface area (Å²) in [5, 5.41) is 3.22. The Morgan fingerprint density at radius 3 is 2.52 bits per heavy atom. The first kappa shape index (κ1) is 18.4. The van der Waals surface area contributed by atoms with E-state index in [9.17, 15) is 8.42 Å². The number of piperidine rings is 1. The molecule has 0 aliphatic carbocycles. The van der Waals surface area contributed by atoms with E-state index in [4.69, 9.17) is 0 Å². The van der Waals surface area contributed by atoms with E-state index in [2.05, 4.69) is 23.9 Å². The zero-order chi connectivity index (χ0) is 14.6. The van der Waals surface area contributed by atoms with Gasteiger partial charge in [0.2, 0.25) is 10.0 Å². The van der Waals surface area contributed by atoms with Gasteiger partial charge in [-0.2, -0.15) is 0 Å². The molecule has 21 heavy (non-hydrogen) atoms. The lowest BCUT2D eigenvalue weighted by molar-refractivity contribution is 0.428. The average Bonchev–Trinajstić information content (AvgIpc) is 2.47. The van der Waals surface area contributed by atoms with Gasteiger partial charge in [0.1, 0.15) is 0 Å². The van der Waals surface area contributed by atoms with Crippen LogP contribution in [-0.4, -0.2) is 27.5 Å². The maximum Gasteiger partial charge on any atom is 0.240 e. The van der Waals surface area contributed by atoms with Crippen molar-refractivity contribution in [3.63, 3.8) is 0 Å². The molecule has 0 bridgehead atoms. The third kappa shape index (κ3) is 4.68. The van der Waals surface area contributed by atoms with Crippen LogP contribution in [0.25, 0.3) is 0 Å². The van der Waals surface area contributed by atoms with Crippen molar-refractivity contribution in [2.24, 2.45) is 0 Å². The lowest BCUT2D eigenvalue weighted by Crippen LogP contribution is -2.45. The molecular weight excluding hydrogens is 308 g/mol. The molecule has 0 radical (unpaired) electrons. The fraction of sp³-hybridized carbons (Fsp3) is 0.600. The molecule has 2 rings (SSSR count). The standard InChI is InChI=1S/C15H24N2O2S.ClH/c1-3-12-7-8-15(10-13(12)4-2)20(18,19)17-14-6-5-9-16-11-14;/h7-8,10,14,16-17H,3-6,9,11H2,1-2H3;1H. The predicted octanol–water partition coefficient (Wildman–Crippen LogP) is 2.26. The van der Waals surface area contributed by atoms with Crippen LogP contribution in [0.3, 0.4) is 0 Å². The van der Waals surface area contributed by atoms with Crippen LogP contribution >= 0.6 is 12.4 Å². The summed E-state index contributed by atoms with van der Waals surface area (Å²) in [5.74, 6) is 0. The number of hydrogen-bond donors (Lipinski definition) is 2. The van der Waals surface area contributed by atoms with Crippen molar-refractivity contribution in [3.8, 4) is 0 Å². The summed E-state index contributed by atoms with van der Waals surface area (Å²) in [6, 6.07) is 5.48. The van der Waals surface area contributed by atoms with Gasteiger partial charge in [-0.25, -0.2) is 13.1 Å². The Balaban J connectivity index is 0.00000220. The zero-order valence-corrected chi connectivity index (χ0v) is 14.3. The summed E-state index contributed by atoms with van der Waals surface area (Å²) in [6.07, 6.45) is 3.71. The highest BCUT2D eigenvalue weighted by Gasteiger charge is 2.22. The number of benzene rings is 1. The maximum atomic E-state index is 12.4. The molecule has 1 unspecified atom stereocenters. The summed E-state index contributed by atoms with van der Waals surface area (Å²) >= 11 is 0. The number of nitrogens with one attached hydrogen (secondary N) is 2. The largest absolute Gasteiger partial charge is 0.315 e. The minimum Gasteiger partial charge on any atom is -0.315 e. The molecule has 0 amide bonds. The Morgan fingerprint density at radius 1 is 1.24 bits per heavy atom. The molecule has 0 saturated carbocycles. The van der Waals surface area contributed by atoms with Gasteiger partial charge in [-0.1, -0.05) is 19.9 Å². The van der Waals surface area contributed by atoms with Gasteiger partial charge in [-0.15, -0.1) is 12.4 Å². The van der Waals surface area contributed by atoms with E-state index >= 15 is 0 Å². The summed E-state index contributed by atoms with van der Waals surface area (Å²) < 4.78 is 27.7. The normalized spacial score (nSPS) is 19.0. The minimum atomic E-state index is -3.41. The van der Waals surface area contributed by atoms with Crippen LogP contribution in [0.5, 0.6) is 0 Å². The fourth-order valence-corrected chi connectivity index (χ4v) is 4.00. The maximum absolute atomic E-state index is 12.4. The first-order chi connectivity index (χ1) is 9.56. The zero-order valence-electron chi connectivity index (χ0n) is 12.7. The molecule has 1 aromatic rings. The van der Waals surface area contributed by atoms with E-state index in [0.29, 0.717) is 11.4 Å². The quantitative estimate of drug-likeness (QED) is 0.869. The molecule has 1 aliphatic rings. The van der Waals surface area contributed by atoms with Gasteiger partial charge < -0.3 is 5.32 Å². The van der Waals surface area contributed by atoms with Crippen LogP contribution in [0, 0.1) is 0 Å². The average molecular weight is 333 g/mol.